The van der Waals surface area contributed by atoms with Crippen molar-refractivity contribution in [2.45, 2.75) is 50.2 Å². The molecule has 2 fully saturated rings. The van der Waals surface area contributed by atoms with Crippen molar-refractivity contribution < 1.29 is 14.3 Å². The number of rotatable bonds is 6. The maximum Gasteiger partial charge on any atom is 0.322 e. The molecule has 0 unspecified atom stereocenters. The predicted octanol–water partition coefficient (Wildman–Crippen LogP) is 4.98. The molecule has 1 heterocycles. The maximum absolute atomic E-state index is 13.5. The highest BCUT2D eigenvalue weighted by molar-refractivity contribution is 6.31. The molecule has 2 aromatic rings. The maximum atomic E-state index is 13.5. The van der Waals surface area contributed by atoms with Crippen LogP contribution in [0.15, 0.2) is 42.5 Å². The smallest absolute Gasteiger partial charge is 0.322 e. The van der Waals surface area contributed by atoms with Gasteiger partial charge < -0.3 is 15.3 Å². The number of nitriles is 1. The molecular formula is C26H30ClFN4O2. The summed E-state index contributed by atoms with van der Waals surface area (Å²) in [5, 5.41) is 21.9. The topological polar surface area (TPSA) is 79.6 Å². The zero-order chi connectivity index (χ0) is 24.1. The molecule has 1 aliphatic heterocycles. The largest absolute Gasteiger partial charge is 0.392 e. The van der Waals surface area contributed by atoms with Gasteiger partial charge in [0.15, 0.2) is 0 Å². The number of likely N-dealkylation sites (tertiary alicyclic amines) is 1. The number of β-amino-alcohol motifs (C(OH)–C–C–N with tert-alkyl or cyclic N) is 1. The molecule has 2 N–H and O–H groups in total. The van der Waals surface area contributed by atoms with Crippen LogP contribution in [0.25, 0.3) is 0 Å². The van der Waals surface area contributed by atoms with Gasteiger partial charge >= 0.3 is 6.03 Å². The average molecular weight is 485 g/mol. The number of aliphatic hydroxyl groups is 1. The monoisotopic (exact) mass is 484 g/mol. The summed E-state index contributed by atoms with van der Waals surface area (Å²) >= 11 is 5.89. The summed E-state index contributed by atoms with van der Waals surface area (Å²) in [6.07, 6.45) is 4.06. The van der Waals surface area contributed by atoms with Gasteiger partial charge in [0.2, 0.25) is 0 Å². The molecule has 1 saturated carbocycles. The number of anilines is 1. The molecule has 8 heteroatoms. The number of hydrogen-bond acceptors (Lipinski definition) is 4. The molecule has 0 aromatic heterocycles. The van der Waals surface area contributed by atoms with Crippen LogP contribution in [0.2, 0.25) is 5.02 Å². The summed E-state index contributed by atoms with van der Waals surface area (Å²) in [6, 6.07) is 14.0. The quantitative estimate of drug-likeness (QED) is 0.606. The summed E-state index contributed by atoms with van der Waals surface area (Å²) in [6.45, 7) is 2.70. The second-order valence-corrected chi connectivity index (χ2v) is 9.65. The molecule has 2 amide bonds. The summed E-state index contributed by atoms with van der Waals surface area (Å²) in [5.41, 5.74) is 2.31. The van der Waals surface area contributed by atoms with Gasteiger partial charge in [-0.1, -0.05) is 23.7 Å². The fourth-order valence-corrected chi connectivity index (χ4v) is 5.25. The number of nitrogens with zero attached hydrogens (tertiary/aromatic N) is 3. The van der Waals surface area contributed by atoms with Crippen LogP contribution in [0.4, 0.5) is 14.9 Å². The number of benzene rings is 2. The Bertz CT molecular complexity index is 1050. The molecule has 180 valence electrons. The lowest BCUT2D eigenvalue weighted by atomic mass is 9.81. The first-order valence-corrected chi connectivity index (χ1v) is 12.2. The first kappa shape index (κ1) is 24.5. The molecule has 0 spiro atoms. The number of halogens is 2. The lowest BCUT2D eigenvalue weighted by Gasteiger charge is -2.38. The van der Waals surface area contributed by atoms with Gasteiger partial charge in [0, 0.05) is 37.9 Å². The van der Waals surface area contributed by atoms with Crippen LogP contribution in [-0.2, 0) is 0 Å². The first-order chi connectivity index (χ1) is 16.4. The second kappa shape index (κ2) is 11.2. The summed E-state index contributed by atoms with van der Waals surface area (Å²) in [5.74, 6) is -0.151. The number of aliphatic hydroxyl groups excluding tert-OH is 1. The van der Waals surface area contributed by atoms with Crippen LogP contribution in [0.5, 0.6) is 0 Å². The van der Waals surface area contributed by atoms with Crippen molar-refractivity contribution in [2.24, 2.45) is 0 Å². The molecule has 6 nitrogen and oxygen atoms in total. The van der Waals surface area contributed by atoms with Gasteiger partial charge in [-0.15, -0.1) is 0 Å². The molecule has 1 aliphatic carbocycles. The Morgan fingerprint density at radius 1 is 1.21 bits per heavy atom. The van der Waals surface area contributed by atoms with Crippen LogP contribution >= 0.6 is 11.6 Å². The van der Waals surface area contributed by atoms with E-state index in [4.69, 9.17) is 11.6 Å². The van der Waals surface area contributed by atoms with Crippen molar-refractivity contribution >= 4 is 23.3 Å². The minimum absolute atomic E-state index is 0.0319. The van der Waals surface area contributed by atoms with E-state index in [1.165, 1.54) is 23.8 Å². The van der Waals surface area contributed by atoms with Crippen LogP contribution in [0, 0.1) is 17.1 Å². The Hall–Kier alpha value is -2.66. The molecule has 1 atom stereocenters. The Labute approximate surface area is 204 Å². The number of urea groups is 1. The van der Waals surface area contributed by atoms with E-state index in [0.717, 1.165) is 38.6 Å². The van der Waals surface area contributed by atoms with Gasteiger partial charge in [-0.05, 0) is 73.9 Å². The van der Waals surface area contributed by atoms with E-state index in [1.807, 2.05) is 23.1 Å². The van der Waals surface area contributed by atoms with Gasteiger partial charge in [0.25, 0.3) is 0 Å². The van der Waals surface area contributed by atoms with E-state index < -0.39 is 5.82 Å². The third kappa shape index (κ3) is 6.06. The highest BCUT2D eigenvalue weighted by Gasteiger charge is 2.31. The average Bonchev–Trinajstić information content (AvgIpc) is 3.27. The lowest BCUT2D eigenvalue weighted by Crippen LogP contribution is -2.47. The van der Waals surface area contributed by atoms with E-state index in [1.54, 1.807) is 0 Å². The number of hydrogen-bond donors (Lipinski definition) is 2. The van der Waals surface area contributed by atoms with Crippen molar-refractivity contribution in [3.63, 3.8) is 0 Å². The number of carbonyl (C=O) groups excluding carboxylic acids is 1. The van der Waals surface area contributed by atoms with Gasteiger partial charge in [-0.2, -0.15) is 5.26 Å². The Kier molecular flexibility index (Phi) is 8.04. The van der Waals surface area contributed by atoms with Crippen molar-refractivity contribution in [1.29, 1.82) is 5.26 Å². The highest BCUT2D eigenvalue weighted by Crippen LogP contribution is 2.35. The molecule has 4 rings (SSSR count). The molecule has 0 bridgehead atoms. The Morgan fingerprint density at radius 2 is 2.00 bits per heavy atom. The van der Waals surface area contributed by atoms with Gasteiger partial charge in [-0.3, -0.25) is 4.90 Å². The Morgan fingerprint density at radius 3 is 2.68 bits per heavy atom. The Balaban J connectivity index is 1.43. The molecule has 2 aromatic carbocycles. The molecule has 2 aliphatic rings. The zero-order valence-corrected chi connectivity index (χ0v) is 19.8. The molecular weight excluding hydrogens is 455 g/mol. The van der Waals surface area contributed by atoms with E-state index in [9.17, 15) is 19.6 Å². The van der Waals surface area contributed by atoms with E-state index in [2.05, 4.69) is 22.4 Å². The number of nitrogens with one attached hydrogen (secondary N) is 1. The van der Waals surface area contributed by atoms with Crippen molar-refractivity contribution in [3.05, 3.63) is 64.4 Å². The van der Waals surface area contributed by atoms with Gasteiger partial charge in [0.1, 0.15) is 5.82 Å². The number of amides is 2. The van der Waals surface area contributed by atoms with Crippen LogP contribution < -0.4 is 5.32 Å². The summed E-state index contributed by atoms with van der Waals surface area (Å²) in [7, 11) is 0. The van der Waals surface area contributed by atoms with Crippen molar-refractivity contribution in [1.82, 2.24) is 9.80 Å². The van der Waals surface area contributed by atoms with E-state index >= 15 is 0 Å². The molecule has 1 saturated heterocycles. The third-order valence-electron chi connectivity index (χ3n) is 6.96. The van der Waals surface area contributed by atoms with E-state index in [-0.39, 0.29) is 23.2 Å². The van der Waals surface area contributed by atoms with Gasteiger partial charge in [-0.25, -0.2) is 9.18 Å². The normalized spacial score (nSPS) is 22.8. The minimum Gasteiger partial charge on any atom is -0.392 e. The summed E-state index contributed by atoms with van der Waals surface area (Å²) < 4.78 is 13.5. The third-order valence-corrected chi connectivity index (χ3v) is 7.25. The molecule has 34 heavy (non-hydrogen) atoms. The van der Waals surface area contributed by atoms with Crippen LogP contribution in [0.3, 0.4) is 0 Å². The SMILES string of the molecule is N#Cc1cccc([C@H]2CC[C@H](N(CCN3CC[C@@H](O)C3)C(=O)Nc3ccc(F)c(Cl)c3)CC2)c1. The predicted molar refractivity (Wildman–Crippen MR) is 130 cm³/mol. The van der Waals surface area contributed by atoms with Crippen molar-refractivity contribution in [3.8, 4) is 6.07 Å². The summed E-state index contributed by atoms with van der Waals surface area (Å²) in [4.78, 5) is 17.3. The fraction of sp³-hybridized carbons (Fsp3) is 0.462. The number of carbonyl (C=O) groups is 1. The minimum atomic E-state index is -0.525. The second-order valence-electron chi connectivity index (χ2n) is 9.24. The fourth-order valence-electron chi connectivity index (χ4n) is 5.07. The lowest BCUT2D eigenvalue weighted by molar-refractivity contribution is 0.143. The van der Waals surface area contributed by atoms with Crippen LogP contribution in [0.1, 0.15) is 49.1 Å². The molecule has 0 radical (unpaired) electrons. The van der Waals surface area contributed by atoms with Crippen LogP contribution in [-0.4, -0.2) is 59.3 Å². The first-order valence-electron chi connectivity index (χ1n) is 11.9. The highest BCUT2D eigenvalue weighted by atomic mass is 35.5. The van der Waals surface area contributed by atoms with Gasteiger partial charge in [0.05, 0.1) is 22.8 Å². The van der Waals surface area contributed by atoms with E-state index in [0.29, 0.717) is 36.8 Å². The standard InChI is InChI=1S/C26H30ClFN4O2/c27-24-15-21(6-9-25(24)28)30-26(34)32(13-12-31-11-10-23(33)17-31)22-7-4-19(5-8-22)20-3-1-2-18(14-20)16-29/h1-3,6,9,14-15,19,22-23,33H,4-5,7-8,10-13,17H2,(H,30,34)/t19-,22-,23-/m1/s1. The van der Waals surface area contributed by atoms with Crippen molar-refractivity contribution in [2.75, 3.05) is 31.5 Å². The zero-order valence-electron chi connectivity index (χ0n) is 19.1.